The molecule has 5 aromatic rings. The summed E-state index contributed by atoms with van der Waals surface area (Å²) in [6.07, 6.45) is 0. The quantitative estimate of drug-likeness (QED) is 0.131. The van der Waals surface area contributed by atoms with Gasteiger partial charge in [0.1, 0.15) is 23.0 Å². The first-order valence-electron chi connectivity index (χ1n) is 13.3. The minimum absolute atomic E-state index is 0.0138. The van der Waals surface area contributed by atoms with Crippen LogP contribution in [-0.2, 0) is 19.1 Å². The number of hydrogen-bond donors (Lipinski definition) is 4. The van der Waals surface area contributed by atoms with Crippen molar-refractivity contribution in [1.29, 1.82) is 0 Å². The molecule has 8 heteroatoms. The number of fused-ring (bicyclic) bond motifs is 2. The molecule has 0 radical (unpaired) electrons. The number of rotatable bonds is 4. The number of aromatic hydroxyl groups is 4. The highest BCUT2D eigenvalue weighted by Gasteiger charge is 2.17. The molecule has 42 heavy (non-hydrogen) atoms. The molecule has 0 atom stereocenters. The Kier molecular flexibility index (Phi) is 10.7. The van der Waals surface area contributed by atoms with E-state index in [1.165, 1.54) is 26.0 Å². The van der Waals surface area contributed by atoms with Crippen LogP contribution in [0, 0.1) is 0 Å². The first-order chi connectivity index (χ1) is 20.0. The third kappa shape index (κ3) is 7.91. The Labute approximate surface area is 244 Å². The van der Waals surface area contributed by atoms with Gasteiger partial charge in [-0.25, -0.2) is 0 Å². The molecule has 4 N–H and O–H groups in total. The fraction of sp³-hybridized carbons (Fsp3) is 0.176. The maximum Gasteiger partial charge on any atom is 0.302 e. The van der Waals surface area contributed by atoms with Crippen molar-refractivity contribution in [2.45, 2.75) is 27.7 Å². The highest BCUT2D eigenvalue weighted by atomic mass is 16.5. The number of esters is 2. The van der Waals surface area contributed by atoms with Crippen LogP contribution in [0.15, 0.2) is 84.9 Å². The van der Waals surface area contributed by atoms with Crippen molar-refractivity contribution in [3.63, 3.8) is 0 Å². The van der Waals surface area contributed by atoms with Crippen molar-refractivity contribution in [3.05, 3.63) is 84.9 Å². The van der Waals surface area contributed by atoms with Gasteiger partial charge in [0.05, 0.1) is 13.2 Å². The molecule has 0 amide bonds. The summed E-state index contributed by atoms with van der Waals surface area (Å²) in [5.74, 6) is -0.476. The average molecular weight is 571 g/mol. The van der Waals surface area contributed by atoms with Crippen molar-refractivity contribution >= 4 is 33.5 Å². The van der Waals surface area contributed by atoms with E-state index in [0.717, 1.165) is 32.7 Å². The number of benzene rings is 5. The van der Waals surface area contributed by atoms with E-state index in [1.54, 1.807) is 38.1 Å². The average Bonchev–Trinajstić information content (AvgIpc) is 2.91. The summed E-state index contributed by atoms with van der Waals surface area (Å²) in [7, 11) is 0. The van der Waals surface area contributed by atoms with Gasteiger partial charge in [0.2, 0.25) is 0 Å². The summed E-state index contributed by atoms with van der Waals surface area (Å²) >= 11 is 0. The summed E-state index contributed by atoms with van der Waals surface area (Å²) in [6, 6.07) is 24.8. The second-order valence-electron chi connectivity index (χ2n) is 9.17. The smallest absolute Gasteiger partial charge is 0.302 e. The largest absolute Gasteiger partial charge is 0.508 e. The second-order valence-corrected chi connectivity index (χ2v) is 9.17. The summed E-state index contributed by atoms with van der Waals surface area (Å²) < 4.78 is 8.81. The zero-order valence-electron chi connectivity index (χ0n) is 23.9. The van der Waals surface area contributed by atoms with E-state index in [1.807, 2.05) is 48.5 Å². The first kappa shape index (κ1) is 31.3. The highest BCUT2D eigenvalue weighted by molar-refractivity contribution is 6.21. The third-order valence-corrected chi connectivity index (χ3v) is 6.01. The van der Waals surface area contributed by atoms with Crippen LogP contribution >= 0.6 is 0 Å². The van der Waals surface area contributed by atoms with Crippen molar-refractivity contribution in [2.75, 3.05) is 13.2 Å². The molecule has 5 rings (SSSR count). The Hall–Kier alpha value is -5.24. The van der Waals surface area contributed by atoms with Crippen LogP contribution in [0.3, 0.4) is 0 Å². The van der Waals surface area contributed by atoms with Crippen LogP contribution in [0.25, 0.3) is 43.8 Å². The van der Waals surface area contributed by atoms with E-state index in [0.29, 0.717) is 24.3 Å². The number of carbonyl (C=O) groups excluding carboxylic acids is 2. The SMILES string of the molecule is CCOC(C)=O.CCOC(C)=O.Oc1cc(O)cc(-c2c3ccccc3c(-c3cc(O)cc(O)c3)c3ccccc23)c1. The van der Waals surface area contributed by atoms with Gasteiger partial charge in [-0.2, -0.15) is 0 Å². The van der Waals surface area contributed by atoms with Gasteiger partial charge < -0.3 is 29.9 Å². The van der Waals surface area contributed by atoms with E-state index in [-0.39, 0.29) is 34.9 Å². The van der Waals surface area contributed by atoms with Crippen LogP contribution in [0.2, 0.25) is 0 Å². The van der Waals surface area contributed by atoms with Gasteiger partial charge in [-0.1, -0.05) is 48.5 Å². The molecule has 0 unspecified atom stereocenters. The van der Waals surface area contributed by atoms with Crippen LogP contribution in [0.4, 0.5) is 0 Å². The van der Waals surface area contributed by atoms with Gasteiger partial charge in [-0.3, -0.25) is 9.59 Å². The molecule has 0 aromatic heterocycles. The summed E-state index contributed by atoms with van der Waals surface area (Å²) in [5, 5.41) is 44.0. The summed E-state index contributed by atoms with van der Waals surface area (Å²) in [4.78, 5) is 19.6. The predicted octanol–water partition coefficient (Wildman–Crippen LogP) is 7.29. The van der Waals surface area contributed by atoms with Gasteiger partial charge in [-0.15, -0.1) is 0 Å². The molecular formula is C34H34O8. The molecule has 0 aliphatic carbocycles. The Bertz CT molecular complexity index is 1480. The maximum absolute atomic E-state index is 10.1. The van der Waals surface area contributed by atoms with E-state index >= 15 is 0 Å². The lowest BCUT2D eigenvalue weighted by molar-refractivity contribution is -0.141. The Morgan fingerprint density at radius 2 is 0.786 bits per heavy atom. The van der Waals surface area contributed by atoms with E-state index in [4.69, 9.17) is 0 Å². The minimum Gasteiger partial charge on any atom is -0.508 e. The van der Waals surface area contributed by atoms with Gasteiger partial charge >= 0.3 is 11.9 Å². The zero-order valence-corrected chi connectivity index (χ0v) is 23.9. The Morgan fingerprint density at radius 1 is 0.524 bits per heavy atom. The lowest BCUT2D eigenvalue weighted by atomic mass is 9.86. The minimum atomic E-state index is -0.211. The fourth-order valence-corrected chi connectivity index (χ4v) is 4.64. The first-order valence-corrected chi connectivity index (χ1v) is 13.3. The molecule has 0 aliphatic rings. The van der Waals surface area contributed by atoms with E-state index in [2.05, 4.69) is 9.47 Å². The molecule has 0 saturated carbocycles. The number of hydrogen-bond acceptors (Lipinski definition) is 8. The molecule has 218 valence electrons. The molecule has 0 aliphatic heterocycles. The Balaban J connectivity index is 0.000000342. The predicted molar refractivity (Wildman–Crippen MR) is 164 cm³/mol. The van der Waals surface area contributed by atoms with Gasteiger partial charge in [0.25, 0.3) is 0 Å². The molecular weight excluding hydrogens is 536 g/mol. The van der Waals surface area contributed by atoms with Crippen LogP contribution < -0.4 is 0 Å². The summed E-state index contributed by atoms with van der Waals surface area (Å²) in [6.45, 7) is 7.31. The monoisotopic (exact) mass is 570 g/mol. The maximum atomic E-state index is 10.1. The molecule has 0 fully saturated rings. The standard InChI is InChI=1S/C26H18O4.2C4H8O2/c27-17-9-15(10-18(28)13-17)25-21-5-1-2-6-22(21)26(24-8-4-3-7-23(24)25)16-11-19(29)14-20(30)12-16;2*1-3-6-4(2)5/h1-14,27-30H;2*3H2,1-2H3. The Morgan fingerprint density at radius 3 is 0.976 bits per heavy atom. The normalized spacial score (nSPS) is 10.2. The molecule has 0 spiro atoms. The fourth-order valence-electron chi connectivity index (χ4n) is 4.64. The molecule has 0 bridgehead atoms. The van der Waals surface area contributed by atoms with Crippen LogP contribution in [-0.4, -0.2) is 45.6 Å². The van der Waals surface area contributed by atoms with Crippen molar-refractivity contribution in [3.8, 4) is 45.3 Å². The lowest BCUT2D eigenvalue weighted by Gasteiger charge is -2.18. The van der Waals surface area contributed by atoms with Crippen molar-refractivity contribution in [2.24, 2.45) is 0 Å². The van der Waals surface area contributed by atoms with E-state index < -0.39 is 0 Å². The number of phenolic OH excluding ortho intramolecular Hbond substituents is 4. The summed E-state index contributed by atoms with van der Waals surface area (Å²) in [5.41, 5.74) is 3.18. The van der Waals surface area contributed by atoms with Crippen LogP contribution in [0.1, 0.15) is 27.7 Å². The van der Waals surface area contributed by atoms with Crippen molar-refractivity contribution < 1.29 is 39.5 Å². The molecule has 5 aromatic carbocycles. The highest BCUT2D eigenvalue weighted by Crippen LogP contribution is 2.45. The number of ether oxygens (including phenoxy) is 2. The molecule has 0 saturated heterocycles. The van der Waals surface area contributed by atoms with Crippen LogP contribution in [0.5, 0.6) is 23.0 Å². The van der Waals surface area contributed by atoms with Crippen molar-refractivity contribution in [1.82, 2.24) is 0 Å². The molecule has 8 nitrogen and oxygen atoms in total. The number of phenols is 4. The number of carbonyl (C=O) groups is 2. The molecule has 0 heterocycles. The lowest BCUT2D eigenvalue weighted by Crippen LogP contribution is -1.95. The van der Waals surface area contributed by atoms with Gasteiger partial charge in [-0.05, 0) is 81.9 Å². The van der Waals surface area contributed by atoms with Gasteiger partial charge in [0, 0.05) is 26.0 Å². The van der Waals surface area contributed by atoms with Gasteiger partial charge in [0.15, 0.2) is 0 Å². The zero-order chi connectivity index (χ0) is 30.8. The topological polar surface area (TPSA) is 134 Å². The second kappa shape index (κ2) is 14.4. The van der Waals surface area contributed by atoms with E-state index in [9.17, 15) is 30.0 Å². The third-order valence-electron chi connectivity index (χ3n) is 6.01.